The monoisotopic (exact) mass is 672 g/mol. The van der Waals surface area contributed by atoms with Crippen LogP contribution in [0.2, 0.25) is 0 Å². The Kier molecular flexibility index (Phi) is 12.7. The lowest BCUT2D eigenvalue weighted by molar-refractivity contribution is -0.140. The molecule has 1 aliphatic rings. The molecule has 1 aliphatic heterocycles. The van der Waals surface area contributed by atoms with Crippen molar-refractivity contribution < 1.29 is 33.4 Å². The van der Waals surface area contributed by atoms with Gasteiger partial charge in [0.15, 0.2) is 5.96 Å². The molecule has 260 valence electrons. The topological polar surface area (TPSA) is 182 Å². The van der Waals surface area contributed by atoms with Crippen molar-refractivity contribution in [3.63, 3.8) is 0 Å². The number of alkyl carbamates (subject to hydrolysis) is 2. The Balaban J connectivity index is 1.35. The molecule has 0 bridgehead atoms. The number of likely N-dealkylation sites (tertiary alicyclic amines) is 1. The molecule has 13 nitrogen and oxygen atoms in total. The first-order chi connectivity index (χ1) is 23.4. The third-order valence-corrected chi connectivity index (χ3v) is 7.77. The number of carbonyl (C=O) groups excluding carboxylic acids is 5. The Labute approximate surface area is 285 Å². The Morgan fingerprint density at radius 2 is 1.69 bits per heavy atom. The van der Waals surface area contributed by atoms with Crippen LogP contribution in [-0.2, 0) is 30.5 Å². The summed E-state index contributed by atoms with van der Waals surface area (Å²) in [6.45, 7) is 5.75. The Bertz CT molecular complexity index is 1650. The zero-order valence-electron chi connectivity index (χ0n) is 28.0. The van der Waals surface area contributed by atoms with E-state index in [0.29, 0.717) is 37.7 Å². The molecule has 1 fully saturated rings. The van der Waals surface area contributed by atoms with Crippen LogP contribution in [0.5, 0.6) is 0 Å². The first-order valence-corrected chi connectivity index (χ1v) is 16.3. The van der Waals surface area contributed by atoms with Gasteiger partial charge in [0.25, 0.3) is 5.91 Å². The van der Waals surface area contributed by atoms with Crippen LogP contribution in [0, 0.1) is 0 Å². The van der Waals surface area contributed by atoms with E-state index < -0.39 is 47.7 Å². The van der Waals surface area contributed by atoms with Crippen LogP contribution in [0.4, 0.5) is 9.59 Å². The maximum Gasteiger partial charge on any atom is 0.414 e. The lowest BCUT2D eigenvalue weighted by Gasteiger charge is -2.30. The van der Waals surface area contributed by atoms with Crippen LogP contribution in [0.3, 0.4) is 0 Å². The maximum absolute atomic E-state index is 14.2. The number of hydrogen-bond donors (Lipinski definition) is 4. The van der Waals surface area contributed by atoms with Gasteiger partial charge in [-0.1, -0.05) is 72.8 Å². The van der Waals surface area contributed by atoms with Gasteiger partial charge in [-0.25, -0.2) is 9.59 Å². The van der Waals surface area contributed by atoms with Crippen LogP contribution in [0.1, 0.15) is 63.6 Å². The number of ether oxygens (including phenoxy) is 2. The summed E-state index contributed by atoms with van der Waals surface area (Å²) >= 11 is 0. The molecule has 0 aliphatic carbocycles. The van der Waals surface area contributed by atoms with E-state index in [0.717, 1.165) is 16.3 Å². The zero-order chi connectivity index (χ0) is 35.4. The molecule has 4 rings (SSSR count). The van der Waals surface area contributed by atoms with E-state index in [2.05, 4.69) is 20.9 Å². The number of benzene rings is 3. The highest BCUT2D eigenvalue weighted by Crippen LogP contribution is 2.29. The number of aldehydes is 1. The highest BCUT2D eigenvalue weighted by molar-refractivity contribution is 5.97. The van der Waals surface area contributed by atoms with Gasteiger partial charge < -0.3 is 35.5 Å². The molecular formula is C36H44N6O7. The molecule has 0 radical (unpaired) electrons. The van der Waals surface area contributed by atoms with Crippen LogP contribution in [-0.4, -0.2) is 71.9 Å². The maximum atomic E-state index is 14.2. The van der Waals surface area contributed by atoms with Gasteiger partial charge in [-0.15, -0.1) is 0 Å². The van der Waals surface area contributed by atoms with E-state index in [1.54, 1.807) is 26.8 Å². The molecule has 4 amide bonds. The van der Waals surface area contributed by atoms with E-state index in [1.807, 2.05) is 66.7 Å². The first-order valence-electron chi connectivity index (χ1n) is 16.3. The highest BCUT2D eigenvalue weighted by Gasteiger charge is 2.39. The standard InChI is InChI=1S/C36H44N6O7/c1-36(2,3)49-35(47)40-30(28-18-9-15-25-14-7-8-17-27(25)28)32(45)42-21-11-19-29(42)31(44)39-26(22-43)16-10-20-38-33(37)41-34(46)48-23-24-12-5-4-6-13-24/h4-9,12-15,17-18,22,26,29-30H,10-11,16,19-21,23H2,1-3H3,(H,39,44)(H,40,47)(H3,37,38,41,46)/t26-,29-,30+/m0/s1. The fourth-order valence-corrected chi connectivity index (χ4v) is 5.54. The summed E-state index contributed by atoms with van der Waals surface area (Å²) in [5.74, 6) is -1.06. The minimum Gasteiger partial charge on any atom is -0.444 e. The molecule has 0 spiro atoms. The lowest BCUT2D eigenvalue weighted by Crippen LogP contribution is -2.52. The molecule has 0 unspecified atom stereocenters. The second-order valence-corrected chi connectivity index (χ2v) is 12.7. The summed E-state index contributed by atoms with van der Waals surface area (Å²) in [5, 5.41) is 9.50. The molecule has 3 aromatic rings. The van der Waals surface area contributed by atoms with Gasteiger partial charge in [-0.05, 0) is 68.4 Å². The quantitative estimate of drug-likeness (QED) is 0.0960. The third kappa shape index (κ3) is 10.8. The number of hydrogen-bond acceptors (Lipinski definition) is 8. The van der Waals surface area contributed by atoms with Gasteiger partial charge in [0.05, 0.1) is 6.04 Å². The van der Waals surface area contributed by atoms with Crippen molar-refractivity contribution >= 4 is 47.0 Å². The first kappa shape index (κ1) is 36.4. The Hall–Kier alpha value is -5.46. The van der Waals surface area contributed by atoms with Crippen molar-refractivity contribution in [1.82, 2.24) is 20.9 Å². The van der Waals surface area contributed by atoms with Gasteiger partial charge in [-0.2, -0.15) is 0 Å². The predicted molar refractivity (Wildman–Crippen MR) is 184 cm³/mol. The summed E-state index contributed by atoms with van der Waals surface area (Å²) < 4.78 is 10.6. The number of aliphatic imine (C=N–C) groups is 1. The van der Waals surface area contributed by atoms with Crippen molar-refractivity contribution in [3.05, 3.63) is 83.9 Å². The van der Waals surface area contributed by atoms with Crippen LogP contribution in [0.15, 0.2) is 77.8 Å². The van der Waals surface area contributed by atoms with Gasteiger partial charge in [0.2, 0.25) is 5.91 Å². The van der Waals surface area contributed by atoms with Crippen LogP contribution >= 0.6 is 0 Å². The van der Waals surface area contributed by atoms with Crippen LogP contribution < -0.4 is 21.7 Å². The summed E-state index contributed by atoms with van der Waals surface area (Å²) in [6.07, 6.45) is 0.717. The van der Waals surface area contributed by atoms with Crippen molar-refractivity contribution in [2.45, 2.75) is 76.8 Å². The lowest BCUT2D eigenvalue weighted by atomic mass is 9.97. The number of guanidine groups is 1. The smallest absolute Gasteiger partial charge is 0.414 e. The number of nitrogens with one attached hydrogen (secondary N) is 3. The van der Waals surface area contributed by atoms with Gasteiger partial charge in [0.1, 0.15) is 30.6 Å². The van der Waals surface area contributed by atoms with Gasteiger partial charge in [0, 0.05) is 13.1 Å². The van der Waals surface area contributed by atoms with E-state index in [-0.39, 0.29) is 25.5 Å². The molecule has 13 heteroatoms. The second kappa shape index (κ2) is 17.1. The van der Waals surface area contributed by atoms with Gasteiger partial charge >= 0.3 is 12.2 Å². The molecule has 0 aromatic heterocycles. The van der Waals surface area contributed by atoms with E-state index in [1.165, 1.54) is 4.90 Å². The van der Waals surface area contributed by atoms with Gasteiger partial charge in [-0.3, -0.25) is 19.9 Å². The number of carbonyl (C=O) groups is 5. The molecule has 5 N–H and O–H groups in total. The third-order valence-electron chi connectivity index (χ3n) is 7.77. The number of amides is 4. The van der Waals surface area contributed by atoms with Crippen LogP contribution in [0.25, 0.3) is 10.8 Å². The van der Waals surface area contributed by atoms with E-state index >= 15 is 0 Å². The molecule has 0 saturated carbocycles. The SMILES string of the molecule is CC(C)(C)OC(=O)N[C@@H](C(=O)N1CCC[C@H]1C(=O)N[C@H](C=O)CCCN=C(N)NC(=O)OCc1ccccc1)c1cccc2ccccc12. The summed E-state index contributed by atoms with van der Waals surface area (Å²) in [7, 11) is 0. The van der Waals surface area contributed by atoms with Crippen molar-refractivity contribution in [1.29, 1.82) is 0 Å². The number of rotatable bonds is 12. The largest absolute Gasteiger partial charge is 0.444 e. The minimum atomic E-state index is -1.12. The molecule has 3 aromatic carbocycles. The predicted octanol–water partition coefficient (Wildman–Crippen LogP) is 4.10. The Morgan fingerprint density at radius 1 is 0.980 bits per heavy atom. The number of nitrogens with zero attached hydrogens (tertiary/aromatic N) is 2. The second-order valence-electron chi connectivity index (χ2n) is 12.7. The minimum absolute atomic E-state index is 0.0781. The normalized spacial score (nSPS) is 15.9. The molecule has 3 atom stereocenters. The molecule has 1 saturated heterocycles. The highest BCUT2D eigenvalue weighted by atomic mass is 16.6. The summed E-state index contributed by atoms with van der Waals surface area (Å²) in [6, 6.07) is 19.4. The fraction of sp³-hybridized carbons (Fsp3) is 0.389. The van der Waals surface area contributed by atoms with Crippen molar-refractivity contribution in [3.8, 4) is 0 Å². The van der Waals surface area contributed by atoms with E-state index in [4.69, 9.17) is 15.2 Å². The molecule has 1 heterocycles. The summed E-state index contributed by atoms with van der Waals surface area (Å²) in [4.78, 5) is 70.0. The average molecular weight is 673 g/mol. The summed E-state index contributed by atoms with van der Waals surface area (Å²) in [5.41, 5.74) is 6.39. The van der Waals surface area contributed by atoms with E-state index in [9.17, 15) is 24.0 Å². The zero-order valence-corrected chi connectivity index (χ0v) is 28.0. The van der Waals surface area contributed by atoms with Crippen molar-refractivity contribution in [2.75, 3.05) is 13.1 Å². The average Bonchev–Trinajstić information content (AvgIpc) is 3.57. The van der Waals surface area contributed by atoms with Crippen molar-refractivity contribution in [2.24, 2.45) is 10.7 Å². The Morgan fingerprint density at radius 3 is 2.43 bits per heavy atom. The fourth-order valence-electron chi connectivity index (χ4n) is 5.54. The number of nitrogens with two attached hydrogens (primary N) is 1. The molecular weight excluding hydrogens is 628 g/mol. The number of fused-ring (bicyclic) bond motifs is 1. The molecule has 49 heavy (non-hydrogen) atoms.